The molecule has 1 amide bonds. The molecule has 1 aliphatic rings. The van der Waals surface area contributed by atoms with Gasteiger partial charge in [0.1, 0.15) is 0 Å². The van der Waals surface area contributed by atoms with Crippen molar-refractivity contribution in [1.29, 1.82) is 0 Å². The largest absolute Gasteiger partial charge is 0.336 e. The van der Waals surface area contributed by atoms with Gasteiger partial charge in [0.25, 0.3) is 5.91 Å². The molecular formula is C13H16N4O3S2. The number of hydrogen-bond donors (Lipinski definition) is 0. The molecule has 1 atom stereocenters. The topological polar surface area (TPSA) is 85.2 Å². The Kier molecular flexibility index (Phi) is 4.00. The van der Waals surface area contributed by atoms with E-state index < -0.39 is 15.1 Å². The summed E-state index contributed by atoms with van der Waals surface area (Å²) in [4.78, 5) is 14.8. The van der Waals surface area contributed by atoms with Crippen LogP contribution in [0.2, 0.25) is 0 Å². The normalized spacial score (nSPS) is 21.5. The molecule has 0 spiro atoms. The van der Waals surface area contributed by atoms with Crippen LogP contribution in [0.15, 0.2) is 23.7 Å². The Labute approximate surface area is 132 Å². The van der Waals surface area contributed by atoms with Crippen LogP contribution in [0.4, 0.5) is 0 Å². The molecule has 0 N–H and O–H groups in total. The van der Waals surface area contributed by atoms with Crippen molar-refractivity contribution < 1.29 is 13.2 Å². The second kappa shape index (κ2) is 5.81. The van der Waals surface area contributed by atoms with Crippen molar-refractivity contribution in [3.8, 4) is 0 Å². The first-order valence-corrected chi connectivity index (χ1v) is 9.47. The third-order valence-electron chi connectivity index (χ3n) is 3.71. The third kappa shape index (κ3) is 2.91. The molecule has 9 heteroatoms. The first kappa shape index (κ1) is 15.2. The van der Waals surface area contributed by atoms with Gasteiger partial charge in [-0.3, -0.25) is 9.48 Å². The van der Waals surface area contributed by atoms with Crippen molar-refractivity contribution in [2.75, 3.05) is 18.8 Å². The second-order valence-electron chi connectivity index (χ2n) is 5.23. The van der Waals surface area contributed by atoms with Crippen molar-refractivity contribution >= 4 is 27.1 Å². The third-order valence-corrected chi connectivity index (χ3v) is 6.95. The van der Waals surface area contributed by atoms with E-state index >= 15 is 0 Å². The fraction of sp³-hybridized carbons (Fsp3) is 0.462. The van der Waals surface area contributed by atoms with Gasteiger partial charge >= 0.3 is 0 Å². The average molecular weight is 340 g/mol. The summed E-state index contributed by atoms with van der Waals surface area (Å²) >= 11 is 1.44. The minimum Gasteiger partial charge on any atom is -0.336 e. The number of rotatable bonds is 2. The maximum absolute atomic E-state index is 12.4. The predicted octanol–water partition coefficient (Wildman–Crippen LogP) is 0.879. The standard InChI is InChI=1S/C13H16N4O3S2/c1-16-9-10(14-15-16)13(18)17-5-4-12(11-3-2-7-21-11)22(19,20)8-6-17/h2-3,7,9,12H,4-6,8H2,1H3. The van der Waals surface area contributed by atoms with E-state index in [9.17, 15) is 13.2 Å². The highest BCUT2D eigenvalue weighted by molar-refractivity contribution is 7.91. The summed E-state index contributed by atoms with van der Waals surface area (Å²) in [5, 5.41) is 8.90. The number of nitrogens with zero attached hydrogens (tertiary/aromatic N) is 4. The number of aryl methyl sites for hydroxylation is 1. The highest BCUT2D eigenvalue weighted by Crippen LogP contribution is 2.32. The summed E-state index contributed by atoms with van der Waals surface area (Å²) in [6.45, 7) is 0.594. The maximum Gasteiger partial charge on any atom is 0.276 e. The SMILES string of the molecule is Cn1cc(C(=O)N2CCC(c3cccs3)S(=O)(=O)CC2)nn1. The number of aromatic nitrogens is 3. The smallest absolute Gasteiger partial charge is 0.276 e. The van der Waals surface area contributed by atoms with Crippen LogP contribution < -0.4 is 0 Å². The van der Waals surface area contributed by atoms with Crippen molar-refractivity contribution in [2.45, 2.75) is 11.7 Å². The minimum atomic E-state index is -3.25. The molecule has 7 nitrogen and oxygen atoms in total. The van der Waals surface area contributed by atoms with Gasteiger partial charge in [-0.05, 0) is 17.9 Å². The molecule has 1 aliphatic heterocycles. The van der Waals surface area contributed by atoms with E-state index in [1.54, 1.807) is 18.1 Å². The van der Waals surface area contributed by atoms with E-state index in [1.165, 1.54) is 16.0 Å². The van der Waals surface area contributed by atoms with Gasteiger partial charge in [0.05, 0.1) is 17.2 Å². The van der Waals surface area contributed by atoms with Gasteiger partial charge in [-0.25, -0.2) is 8.42 Å². The minimum absolute atomic E-state index is 0.0262. The highest BCUT2D eigenvalue weighted by atomic mass is 32.2. The predicted molar refractivity (Wildman–Crippen MR) is 82.4 cm³/mol. The lowest BCUT2D eigenvalue weighted by atomic mass is 10.2. The lowest BCUT2D eigenvalue weighted by Gasteiger charge is -2.18. The van der Waals surface area contributed by atoms with E-state index in [0.29, 0.717) is 13.0 Å². The Balaban J connectivity index is 1.80. The molecule has 1 saturated heterocycles. The number of carbonyl (C=O) groups excluding carboxylic acids is 1. The molecule has 0 radical (unpaired) electrons. The molecule has 118 valence electrons. The average Bonchev–Trinajstić information content (AvgIpc) is 3.10. The van der Waals surface area contributed by atoms with Gasteiger partial charge in [-0.2, -0.15) is 0 Å². The highest BCUT2D eigenvalue weighted by Gasteiger charge is 2.33. The number of hydrogen-bond acceptors (Lipinski definition) is 6. The second-order valence-corrected chi connectivity index (χ2v) is 8.51. The Hall–Kier alpha value is -1.74. The number of thiophene rings is 1. The van der Waals surface area contributed by atoms with Crippen LogP contribution in [0.1, 0.15) is 27.0 Å². The Morgan fingerprint density at radius 3 is 2.86 bits per heavy atom. The zero-order chi connectivity index (χ0) is 15.7. The molecule has 0 aromatic carbocycles. The molecule has 22 heavy (non-hydrogen) atoms. The van der Waals surface area contributed by atoms with Crippen LogP contribution in [0.3, 0.4) is 0 Å². The first-order valence-electron chi connectivity index (χ1n) is 6.88. The summed E-state index contributed by atoms with van der Waals surface area (Å²) in [5.41, 5.74) is 0.245. The van der Waals surface area contributed by atoms with Gasteiger partial charge in [0, 0.05) is 25.0 Å². The van der Waals surface area contributed by atoms with E-state index in [4.69, 9.17) is 0 Å². The molecule has 1 fully saturated rings. The lowest BCUT2D eigenvalue weighted by Crippen LogP contribution is -2.33. The quantitative estimate of drug-likeness (QED) is 0.810. The van der Waals surface area contributed by atoms with Crippen LogP contribution in [-0.4, -0.2) is 53.1 Å². The Morgan fingerprint density at radius 2 is 2.23 bits per heavy atom. The van der Waals surface area contributed by atoms with Crippen LogP contribution in [-0.2, 0) is 16.9 Å². The molecule has 0 bridgehead atoms. The summed E-state index contributed by atoms with van der Waals surface area (Å²) in [6.07, 6.45) is 1.95. The summed E-state index contributed by atoms with van der Waals surface area (Å²) in [7, 11) is -1.57. The fourth-order valence-electron chi connectivity index (χ4n) is 2.55. The molecular weight excluding hydrogens is 324 g/mol. The first-order chi connectivity index (χ1) is 10.5. The molecule has 1 unspecified atom stereocenters. The number of carbonyl (C=O) groups is 1. The maximum atomic E-state index is 12.4. The van der Waals surface area contributed by atoms with Crippen molar-refractivity contribution in [1.82, 2.24) is 19.9 Å². The lowest BCUT2D eigenvalue weighted by molar-refractivity contribution is 0.0760. The van der Waals surface area contributed by atoms with Gasteiger partial charge in [0.2, 0.25) is 0 Å². The van der Waals surface area contributed by atoms with Crippen molar-refractivity contribution in [2.24, 2.45) is 7.05 Å². The zero-order valence-electron chi connectivity index (χ0n) is 12.0. The van der Waals surface area contributed by atoms with Gasteiger partial charge in [0.15, 0.2) is 15.5 Å². The molecule has 3 rings (SSSR count). The van der Waals surface area contributed by atoms with E-state index in [-0.39, 0.29) is 23.9 Å². The van der Waals surface area contributed by atoms with Crippen LogP contribution >= 0.6 is 11.3 Å². The number of amides is 1. The van der Waals surface area contributed by atoms with E-state index in [0.717, 1.165) is 4.88 Å². The van der Waals surface area contributed by atoms with Gasteiger partial charge in [-0.15, -0.1) is 16.4 Å². The molecule has 3 heterocycles. The molecule has 2 aromatic heterocycles. The van der Waals surface area contributed by atoms with Crippen LogP contribution in [0, 0.1) is 0 Å². The molecule has 0 aliphatic carbocycles. The van der Waals surface area contributed by atoms with Crippen LogP contribution in [0.25, 0.3) is 0 Å². The Morgan fingerprint density at radius 1 is 1.41 bits per heavy atom. The van der Waals surface area contributed by atoms with Gasteiger partial charge in [-0.1, -0.05) is 11.3 Å². The van der Waals surface area contributed by atoms with Crippen LogP contribution in [0.5, 0.6) is 0 Å². The Bertz CT molecular complexity index is 767. The van der Waals surface area contributed by atoms with Crippen molar-refractivity contribution in [3.63, 3.8) is 0 Å². The zero-order valence-corrected chi connectivity index (χ0v) is 13.7. The fourth-order valence-corrected chi connectivity index (χ4v) is 5.55. The number of sulfone groups is 1. The van der Waals surface area contributed by atoms with Gasteiger partial charge < -0.3 is 4.90 Å². The molecule has 0 saturated carbocycles. The molecule has 2 aromatic rings. The summed E-state index contributed by atoms with van der Waals surface area (Å²) in [5.74, 6) is -0.295. The van der Waals surface area contributed by atoms with E-state index in [1.807, 2.05) is 17.5 Å². The van der Waals surface area contributed by atoms with E-state index in [2.05, 4.69) is 10.3 Å². The monoisotopic (exact) mass is 340 g/mol. The van der Waals surface area contributed by atoms with Crippen molar-refractivity contribution in [3.05, 3.63) is 34.3 Å². The summed E-state index contributed by atoms with van der Waals surface area (Å²) < 4.78 is 26.3. The summed E-state index contributed by atoms with van der Waals surface area (Å²) in [6, 6.07) is 3.69.